The number of carbonyl (C=O) groups excluding carboxylic acids is 1. The highest BCUT2D eigenvalue weighted by Gasteiger charge is 2.10. The number of methoxy groups -OCH3 is 1. The van der Waals surface area contributed by atoms with Gasteiger partial charge in [0, 0.05) is 12.2 Å². The topological polar surface area (TPSA) is 88.1 Å². The number of hydrogen-bond donors (Lipinski definition) is 2. The summed E-state index contributed by atoms with van der Waals surface area (Å²) in [7, 11) is 1.53. The van der Waals surface area contributed by atoms with Crippen LogP contribution in [0.1, 0.15) is 21.5 Å². The van der Waals surface area contributed by atoms with Gasteiger partial charge in [0.25, 0.3) is 5.91 Å². The number of anilines is 1. The van der Waals surface area contributed by atoms with Gasteiger partial charge in [0.2, 0.25) is 0 Å². The zero-order chi connectivity index (χ0) is 15.2. The number of nitrogens with zero attached hydrogens (tertiary/aromatic N) is 1. The molecule has 21 heavy (non-hydrogen) atoms. The Hall–Kier alpha value is -3.00. The molecule has 5 heteroatoms. The fourth-order valence-corrected chi connectivity index (χ4v) is 1.83. The molecular weight excluding hydrogens is 266 g/mol. The number of nitriles is 1. The quantitative estimate of drug-likeness (QED) is 0.840. The molecule has 0 aromatic heterocycles. The van der Waals surface area contributed by atoms with Gasteiger partial charge in [0.1, 0.15) is 5.75 Å². The normalized spacial score (nSPS) is 9.71. The summed E-state index contributed by atoms with van der Waals surface area (Å²) in [6.07, 6.45) is 0. The molecule has 5 nitrogen and oxygen atoms in total. The van der Waals surface area contributed by atoms with Crippen LogP contribution in [-0.4, -0.2) is 13.0 Å². The number of ether oxygens (including phenoxy) is 1. The van der Waals surface area contributed by atoms with Gasteiger partial charge in [-0.1, -0.05) is 12.1 Å². The van der Waals surface area contributed by atoms with Crippen LogP contribution in [0.15, 0.2) is 42.5 Å². The molecule has 2 rings (SSSR count). The fraction of sp³-hybridized carbons (Fsp3) is 0.125. The van der Waals surface area contributed by atoms with Crippen LogP contribution >= 0.6 is 0 Å². The Balaban J connectivity index is 2.06. The third kappa shape index (κ3) is 3.51. The molecule has 0 radical (unpaired) electrons. The van der Waals surface area contributed by atoms with Crippen LogP contribution < -0.4 is 15.8 Å². The van der Waals surface area contributed by atoms with Crippen molar-refractivity contribution < 1.29 is 9.53 Å². The van der Waals surface area contributed by atoms with E-state index in [9.17, 15) is 4.79 Å². The van der Waals surface area contributed by atoms with Crippen molar-refractivity contribution in [3.63, 3.8) is 0 Å². The average molecular weight is 281 g/mol. The smallest absolute Gasteiger partial charge is 0.253 e. The van der Waals surface area contributed by atoms with E-state index in [1.54, 1.807) is 42.5 Å². The lowest BCUT2D eigenvalue weighted by Crippen LogP contribution is -2.23. The standard InChI is InChI=1S/C16H15N3O2/c1-21-13-6-7-15(18)14(8-13)16(20)19-10-12-4-2-11(9-17)3-5-12/h2-8H,10,18H2,1H3,(H,19,20). The van der Waals surface area contributed by atoms with E-state index in [4.69, 9.17) is 15.7 Å². The highest BCUT2D eigenvalue weighted by molar-refractivity contribution is 5.99. The number of carbonyl (C=O) groups is 1. The van der Waals surface area contributed by atoms with E-state index < -0.39 is 0 Å². The van der Waals surface area contributed by atoms with Gasteiger partial charge in [-0.05, 0) is 35.9 Å². The summed E-state index contributed by atoms with van der Waals surface area (Å²) in [5.74, 6) is 0.309. The monoisotopic (exact) mass is 281 g/mol. The number of hydrogen-bond acceptors (Lipinski definition) is 4. The van der Waals surface area contributed by atoms with Crippen LogP contribution in [0.2, 0.25) is 0 Å². The third-order valence-electron chi connectivity index (χ3n) is 3.04. The average Bonchev–Trinajstić information content (AvgIpc) is 2.53. The molecule has 0 aliphatic rings. The molecule has 0 unspecified atom stereocenters. The maximum atomic E-state index is 12.1. The van der Waals surface area contributed by atoms with E-state index in [0.717, 1.165) is 5.56 Å². The zero-order valence-electron chi connectivity index (χ0n) is 11.6. The number of benzene rings is 2. The summed E-state index contributed by atoms with van der Waals surface area (Å²) < 4.78 is 5.08. The lowest BCUT2D eigenvalue weighted by Gasteiger charge is -2.09. The van der Waals surface area contributed by atoms with E-state index in [1.807, 2.05) is 6.07 Å². The van der Waals surface area contributed by atoms with Crippen LogP contribution in [0, 0.1) is 11.3 Å². The number of rotatable bonds is 4. The molecule has 0 fully saturated rings. The molecule has 0 heterocycles. The SMILES string of the molecule is COc1ccc(N)c(C(=O)NCc2ccc(C#N)cc2)c1. The van der Waals surface area contributed by atoms with E-state index >= 15 is 0 Å². The van der Waals surface area contributed by atoms with Gasteiger partial charge in [0.15, 0.2) is 0 Å². The minimum absolute atomic E-state index is 0.268. The van der Waals surface area contributed by atoms with Gasteiger partial charge < -0.3 is 15.8 Å². The number of amides is 1. The summed E-state index contributed by atoms with van der Waals surface area (Å²) in [4.78, 5) is 12.1. The summed E-state index contributed by atoms with van der Waals surface area (Å²) in [5, 5.41) is 11.5. The van der Waals surface area contributed by atoms with Crippen LogP contribution in [0.3, 0.4) is 0 Å². The van der Waals surface area contributed by atoms with Crippen molar-refractivity contribution in [2.45, 2.75) is 6.54 Å². The van der Waals surface area contributed by atoms with E-state index in [2.05, 4.69) is 5.32 Å². The lowest BCUT2D eigenvalue weighted by molar-refractivity contribution is 0.0951. The Labute approximate surface area is 123 Å². The molecule has 0 aliphatic carbocycles. The van der Waals surface area contributed by atoms with Gasteiger partial charge in [-0.15, -0.1) is 0 Å². The molecule has 3 N–H and O–H groups in total. The van der Waals surface area contributed by atoms with Gasteiger partial charge in [-0.2, -0.15) is 5.26 Å². The second-order valence-corrected chi connectivity index (χ2v) is 4.44. The minimum atomic E-state index is -0.268. The molecule has 0 spiro atoms. The van der Waals surface area contributed by atoms with Crippen molar-refractivity contribution in [3.05, 3.63) is 59.2 Å². The van der Waals surface area contributed by atoms with E-state index in [0.29, 0.717) is 29.1 Å². The Kier molecular flexibility index (Phi) is 4.42. The first-order valence-corrected chi connectivity index (χ1v) is 6.35. The van der Waals surface area contributed by atoms with Crippen molar-refractivity contribution in [2.24, 2.45) is 0 Å². The predicted octanol–water partition coefficient (Wildman–Crippen LogP) is 2.08. The fourth-order valence-electron chi connectivity index (χ4n) is 1.83. The molecule has 0 aliphatic heterocycles. The van der Waals surface area contributed by atoms with Gasteiger partial charge >= 0.3 is 0 Å². The first kappa shape index (κ1) is 14.4. The number of nitrogens with two attached hydrogens (primary N) is 1. The van der Waals surface area contributed by atoms with Crippen molar-refractivity contribution in [3.8, 4) is 11.8 Å². The maximum absolute atomic E-state index is 12.1. The Morgan fingerprint density at radius 2 is 2.00 bits per heavy atom. The zero-order valence-corrected chi connectivity index (χ0v) is 11.6. The molecular formula is C16H15N3O2. The predicted molar refractivity (Wildman–Crippen MR) is 79.7 cm³/mol. The van der Waals surface area contributed by atoms with Crippen LogP contribution in [0.5, 0.6) is 5.75 Å². The molecule has 0 saturated heterocycles. The van der Waals surface area contributed by atoms with Crippen molar-refractivity contribution in [1.82, 2.24) is 5.32 Å². The molecule has 0 atom stereocenters. The Morgan fingerprint density at radius 3 is 2.62 bits per heavy atom. The Bertz CT molecular complexity index is 688. The molecule has 0 bridgehead atoms. The van der Waals surface area contributed by atoms with Crippen molar-refractivity contribution in [2.75, 3.05) is 12.8 Å². The van der Waals surface area contributed by atoms with Crippen molar-refractivity contribution in [1.29, 1.82) is 5.26 Å². The highest BCUT2D eigenvalue weighted by Crippen LogP contribution is 2.19. The van der Waals surface area contributed by atoms with E-state index in [1.165, 1.54) is 7.11 Å². The first-order chi connectivity index (χ1) is 10.1. The maximum Gasteiger partial charge on any atom is 0.253 e. The van der Waals surface area contributed by atoms with E-state index in [-0.39, 0.29) is 5.91 Å². The van der Waals surface area contributed by atoms with Gasteiger partial charge in [-0.25, -0.2) is 0 Å². The second kappa shape index (κ2) is 6.44. The summed E-state index contributed by atoms with van der Waals surface area (Å²) >= 11 is 0. The van der Waals surface area contributed by atoms with Crippen molar-refractivity contribution >= 4 is 11.6 Å². The molecule has 106 valence electrons. The Morgan fingerprint density at radius 1 is 1.29 bits per heavy atom. The summed E-state index contributed by atoms with van der Waals surface area (Å²) in [6.45, 7) is 0.362. The summed E-state index contributed by atoms with van der Waals surface area (Å²) in [5.41, 5.74) is 8.07. The van der Waals surface area contributed by atoms with Gasteiger partial charge in [0.05, 0.1) is 24.3 Å². The molecule has 2 aromatic rings. The second-order valence-electron chi connectivity index (χ2n) is 4.44. The molecule has 0 saturated carbocycles. The minimum Gasteiger partial charge on any atom is -0.497 e. The van der Waals surface area contributed by atoms with Crippen LogP contribution in [0.25, 0.3) is 0 Å². The van der Waals surface area contributed by atoms with Crippen LogP contribution in [0.4, 0.5) is 5.69 Å². The lowest BCUT2D eigenvalue weighted by atomic mass is 10.1. The molecule has 2 aromatic carbocycles. The number of nitrogens with one attached hydrogen (secondary N) is 1. The summed E-state index contributed by atoms with van der Waals surface area (Å²) in [6, 6.07) is 14.0. The number of nitrogen functional groups attached to an aromatic ring is 1. The molecule has 1 amide bonds. The largest absolute Gasteiger partial charge is 0.497 e. The highest BCUT2D eigenvalue weighted by atomic mass is 16.5. The third-order valence-corrected chi connectivity index (χ3v) is 3.04. The van der Waals surface area contributed by atoms with Crippen LogP contribution in [-0.2, 0) is 6.54 Å². The first-order valence-electron chi connectivity index (χ1n) is 6.35. The van der Waals surface area contributed by atoms with Gasteiger partial charge in [-0.3, -0.25) is 4.79 Å².